The highest BCUT2D eigenvalue weighted by Gasteiger charge is 2.16. The van der Waals surface area contributed by atoms with Gasteiger partial charge in [-0.25, -0.2) is 0 Å². The van der Waals surface area contributed by atoms with Crippen molar-refractivity contribution < 1.29 is 4.74 Å². The third-order valence-electron chi connectivity index (χ3n) is 2.88. The Morgan fingerprint density at radius 1 is 1.25 bits per heavy atom. The first kappa shape index (κ1) is 17.8. The Hall–Kier alpha value is -0.280. The molecule has 1 N–H and O–H groups in total. The molecule has 0 aromatic heterocycles. The number of hydrogen-bond donors (Lipinski definition) is 1. The molecule has 0 aliphatic carbocycles. The Kier molecular flexibility index (Phi) is 7.32. The van der Waals surface area contributed by atoms with Crippen LogP contribution in [0.4, 0.5) is 0 Å². The summed E-state index contributed by atoms with van der Waals surface area (Å²) in [4.78, 5) is 0. The maximum Gasteiger partial charge on any atom is 0.0630 e. The molecule has 0 bridgehead atoms. The predicted octanol–water partition coefficient (Wildman–Crippen LogP) is 4.72. The number of nitrogens with one attached hydrogen (secondary N) is 1. The van der Waals surface area contributed by atoms with E-state index in [0.717, 1.165) is 30.0 Å². The number of hydrogen-bond acceptors (Lipinski definition) is 2. The van der Waals surface area contributed by atoms with Gasteiger partial charge in [-0.15, -0.1) is 0 Å². The lowest BCUT2D eigenvalue weighted by molar-refractivity contribution is -0.0143. The lowest BCUT2D eigenvalue weighted by Crippen LogP contribution is -2.38. The predicted molar refractivity (Wildman–Crippen MR) is 88.0 cm³/mol. The van der Waals surface area contributed by atoms with Crippen molar-refractivity contribution in [1.29, 1.82) is 0 Å². The van der Waals surface area contributed by atoms with Gasteiger partial charge in [0.25, 0.3) is 0 Å². The summed E-state index contributed by atoms with van der Waals surface area (Å²) >= 11 is 12.2. The SMILES string of the molecule is CCCNC(COC(C)(C)C)Cc1ccc(Cl)cc1Cl. The normalized spacial score (nSPS) is 13.5. The second kappa shape index (κ2) is 8.23. The molecule has 0 saturated heterocycles. The van der Waals surface area contributed by atoms with Crippen LogP contribution in [0.1, 0.15) is 39.7 Å². The maximum atomic E-state index is 6.24. The van der Waals surface area contributed by atoms with E-state index in [1.807, 2.05) is 12.1 Å². The van der Waals surface area contributed by atoms with Crippen LogP contribution in [-0.2, 0) is 11.2 Å². The highest BCUT2D eigenvalue weighted by atomic mass is 35.5. The highest BCUT2D eigenvalue weighted by Crippen LogP contribution is 2.22. The van der Waals surface area contributed by atoms with Crippen LogP contribution >= 0.6 is 23.2 Å². The summed E-state index contributed by atoms with van der Waals surface area (Å²) in [5.41, 5.74) is 0.970. The lowest BCUT2D eigenvalue weighted by atomic mass is 10.1. The first-order chi connectivity index (χ1) is 9.31. The summed E-state index contributed by atoms with van der Waals surface area (Å²) in [6.07, 6.45) is 1.94. The maximum absolute atomic E-state index is 6.24. The Morgan fingerprint density at radius 3 is 2.50 bits per heavy atom. The molecule has 1 aromatic rings. The monoisotopic (exact) mass is 317 g/mol. The lowest BCUT2D eigenvalue weighted by Gasteiger charge is -2.25. The van der Waals surface area contributed by atoms with Gasteiger partial charge in [0, 0.05) is 16.1 Å². The fraction of sp³-hybridized carbons (Fsp3) is 0.625. The molecule has 1 atom stereocenters. The second-order valence-electron chi connectivity index (χ2n) is 6.01. The average molecular weight is 318 g/mol. The van der Waals surface area contributed by atoms with Crippen LogP contribution in [-0.4, -0.2) is 24.8 Å². The summed E-state index contributed by atoms with van der Waals surface area (Å²) in [6, 6.07) is 5.92. The second-order valence-corrected chi connectivity index (χ2v) is 6.86. The minimum absolute atomic E-state index is 0.129. The molecule has 114 valence electrons. The van der Waals surface area contributed by atoms with Gasteiger partial charge in [0.1, 0.15) is 0 Å². The van der Waals surface area contributed by atoms with Gasteiger partial charge in [-0.1, -0.05) is 36.2 Å². The van der Waals surface area contributed by atoms with Crippen molar-refractivity contribution in [2.75, 3.05) is 13.2 Å². The van der Waals surface area contributed by atoms with Gasteiger partial charge < -0.3 is 10.1 Å². The number of benzene rings is 1. The molecular weight excluding hydrogens is 293 g/mol. The zero-order valence-electron chi connectivity index (χ0n) is 12.8. The summed E-state index contributed by atoms with van der Waals surface area (Å²) < 4.78 is 5.89. The smallest absolute Gasteiger partial charge is 0.0630 e. The first-order valence-electron chi connectivity index (χ1n) is 7.13. The largest absolute Gasteiger partial charge is 0.374 e. The molecule has 20 heavy (non-hydrogen) atoms. The molecule has 0 spiro atoms. The van der Waals surface area contributed by atoms with Gasteiger partial charge in [-0.2, -0.15) is 0 Å². The molecule has 0 aliphatic rings. The highest BCUT2D eigenvalue weighted by molar-refractivity contribution is 6.35. The van der Waals surface area contributed by atoms with Crippen molar-refractivity contribution in [2.24, 2.45) is 0 Å². The fourth-order valence-electron chi connectivity index (χ4n) is 1.84. The fourth-order valence-corrected chi connectivity index (χ4v) is 2.33. The zero-order chi connectivity index (χ0) is 15.2. The van der Waals surface area contributed by atoms with E-state index in [9.17, 15) is 0 Å². The molecule has 1 aromatic carbocycles. The minimum Gasteiger partial charge on any atom is -0.374 e. The minimum atomic E-state index is -0.129. The van der Waals surface area contributed by atoms with E-state index in [-0.39, 0.29) is 11.6 Å². The molecule has 2 nitrogen and oxygen atoms in total. The van der Waals surface area contributed by atoms with E-state index in [4.69, 9.17) is 27.9 Å². The summed E-state index contributed by atoms with van der Waals surface area (Å²) in [6.45, 7) is 10.0. The van der Waals surface area contributed by atoms with E-state index in [1.54, 1.807) is 6.07 Å². The van der Waals surface area contributed by atoms with Crippen LogP contribution in [0.3, 0.4) is 0 Å². The van der Waals surface area contributed by atoms with Crippen LogP contribution < -0.4 is 5.32 Å². The van der Waals surface area contributed by atoms with Crippen molar-refractivity contribution in [3.05, 3.63) is 33.8 Å². The standard InChI is InChI=1S/C16H25Cl2NO/c1-5-8-19-14(11-20-16(2,3)4)9-12-6-7-13(17)10-15(12)18/h6-7,10,14,19H,5,8-9,11H2,1-4H3. The summed E-state index contributed by atoms with van der Waals surface area (Å²) in [7, 11) is 0. The Labute approximate surface area is 132 Å². The van der Waals surface area contributed by atoms with Crippen molar-refractivity contribution in [3.63, 3.8) is 0 Å². The van der Waals surface area contributed by atoms with E-state index in [1.165, 1.54) is 0 Å². The Bertz CT molecular complexity index is 415. The Balaban J connectivity index is 2.67. The quantitative estimate of drug-likeness (QED) is 0.785. The topological polar surface area (TPSA) is 21.3 Å². The van der Waals surface area contributed by atoms with Crippen LogP contribution in [0.25, 0.3) is 0 Å². The molecule has 0 fully saturated rings. The van der Waals surface area contributed by atoms with E-state index >= 15 is 0 Å². The summed E-state index contributed by atoms with van der Waals surface area (Å²) in [5, 5.41) is 4.90. The number of halogens is 2. The molecule has 1 rings (SSSR count). The van der Waals surface area contributed by atoms with Gasteiger partial charge in [-0.05, 0) is 57.9 Å². The van der Waals surface area contributed by atoms with E-state index in [0.29, 0.717) is 11.6 Å². The third kappa shape index (κ3) is 6.94. The van der Waals surface area contributed by atoms with Gasteiger partial charge in [0.05, 0.1) is 12.2 Å². The first-order valence-corrected chi connectivity index (χ1v) is 7.88. The van der Waals surface area contributed by atoms with Gasteiger partial charge >= 0.3 is 0 Å². The van der Waals surface area contributed by atoms with E-state index in [2.05, 4.69) is 33.0 Å². The van der Waals surface area contributed by atoms with Crippen LogP contribution in [0.5, 0.6) is 0 Å². The number of ether oxygens (including phenoxy) is 1. The molecule has 0 aliphatic heterocycles. The number of rotatable bonds is 7. The average Bonchev–Trinajstić information content (AvgIpc) is 2.34. The van der Waals surface area contributed by atoms with Crippen molar-refractivity contribution >= 4 is 23.2 Å². The van der Waals surface area contributed by atoms with Gasteiger partial charge in [0.2, 0.25) is 0 Å². The molecule has 0 saturated carbocycles. The van der Waals surface area contributed by atoms with Crippen molar-refractivity contribution in [2.45, 2.75) is 52.2 Å². The molecule has 0 amide bonds. The zero-order valence-corrected chi connectivity index (χ0v) is 14.3. The molecule has 0 radical (unpaired) electrons. The van der Waals surface area contributed by atoms with Crippen LogP contribution in [0.15, 0.2) is 18.2 Å². The molecule has 4 heteroatoms. The molecule has 1 unspecified atom stereocenters. The van der Waals surface area contributed by atoms with Crippen molar-refractivity contribution in [1.82, 2.24) is 5.32 Å². The third-order valence-corrected chi connectivity index (χ3v) is 3.47. The van der Waals surface area contributed by atoms with Crippen molar-refractivity contribution in [3.8, 4) is 0 Å². The molecule has 0 heterocycles. The van der Waals surface area contributed by atoms with Gasteiger partial charge in [0.15, 0.2) is 0 Å². The Morgan fingerprint density at radius 2 is 1.95 bits per heavy atom. The molecular formula is C16H25Cl2NO. The van der Waals surface area contributed by atoms with E-state index < -0.39 is 0 Å². The van der Waals surface area contributed by atoms with Gasteiger partial charge in [-0.3, -0.25) is 0 Å². The van der Waals surface area contributed by atoms with Crippen LogP contribution in [0.2, 0.25) is 10.0 Å². The van der Waals surface area contributed by atoms with Crippen LogP contribution in [0, 0.1) is 0 Å². The summed E-state index contributed by atoms with van der Waals surface area (Å²) in [5.74, 6) is 0.